The molecule has 0 saturated heterocycles. The molecule has 2 unspecified atom stereocenters. The van der Waals surface area contributed by atoms with Gasteiger partial charge in [-0.3, -0.25) is 0 Å². The zero-order chi connectivity index (χ0) is 89.5. The third-order valence-corrected chi connectivity index (χ3v) is 29.6. The Morgan fingerprint density at radius 1 is 0.132 bits per heavy atom. The molecule has 2 spiro atoms. The van der Waals surface area contributed by atoms with Gasteiger partial charge in [0.2, 0.25) is 0 Å². The number of nitrogens with zero attached hydrogens (tertiary/aromatic N) is 2. The van der Waals surface area contributed by atoms with E-state index in [2.05, 4.69) is 532 Å². The topological polar surface area (TPSA) is 6.48 Å². The van der Waals surface area contributed by atoms with E-state index in [4.69, 9.17) is 0 Å². The van der Waals surface area contributed by atoms with Crippen LogP contribution in [0.3, 0.4) is 0 Å². The van der Waals surface area contributed by atoms with E-state index in [1.807, 2.05) is 0 Å². The fraction of sp³-hybridized carbons (Fsp3) is 0.0149. The van der Waals surface area contributed by atoms with E-state index in [1.54, 1.807) is 0 Å². The highest BCUT2D eigenvalue weighted by Gasteiger charge is 2.56. The van der Waals surface area contributed by atoms with E-state index >= 15 is 0 Å². The van der Waals surface area contributed by atoms with Gasteiger partial charge in [0.25, 0.3) is 0 Å². The molecular formula is C134H86N2. The lowest BCUT2D eigenvalue weighted by atomic mass is 9.68. The molecule has 136 heavy (non-hydrogen) atoms. The van der Waals surface area contributed by atoms with Crippen LogP contribution in [0.25, 0.3) is 176 Å². The van der Waals surface area contributed by atoms with Crippen LogP contribution in [0.5, 0.6) is 0 Å². The second kappa shape index (κ2) is 31.6. The minimum atomic E-state index is -0.618. The molecule has 4 aliphatic carbocycles. The fourth-order valence-electron chi connectivity index (χ4n) is 24.1. The summed E-state index contributed by atoms with van der Waals surface area (Å²) < 4.78 is 0. The van der Waals surface area contributed by atoms with Gasteiger partial charge in [-0.15, -0.1) is 0 Å². The highest BCUT2D eigenvalue weighted by molar-refractivity contribution is 6.30. The number of fused-ring (bicyclic) bond motifs is 34. The molecule has 0 aromatic heterocycles. The Morgan fingerprint density at radius 3 is 0.838 bits per heavy atom. The van der Waals surface area contributed by atoms with Gasteiger partial charge in [0.05, 0.1) is 16.5 Å². The summed E-state index contributed by atoms with van der Waals surface area (Å²) in [5.74, 6) is 0. The van der Waals surface area contributed by atoms with E-state index in [1.165, 1.54) is 220 Å². The first-order valence-electron chi connectivity index (χ1n) is 47.3. The first kappa shape index (κ1) is 78.3. The second-order valence-corrected chi connectivity index (χ2v) is 36.6. The first-order valence-corrected chi connectivity index (χ1v) is 47.3. The average molecular weight is 1720 g/mol. The number of rotatable bonds is 12. The van der Waals surface area contributed by atoms with Crippen molar-refractivity contribution < 1.29 is 0 Å². The Morgan fingerprint density at radius 2 is 0.419 bits per heavy atom. The maximum atomic E-state index is 2.55. The van der Waals surface area contributed by atoms with E-state index in [0.29, 0.717) is 0 Å². The normalized spacial score (nSPS) is 14.2. The molecule has 28 rings (SSSR count). The molecule has 0 bridgehead atoms. The zero-order valence-electron chi connectivity index (χ0n) is 74.5. The molecule has 2 atom stereocenters. The highest BCUT2D eigenvalue weighted by atomic mass is 15.1. The van der Waals surface area contributed by atoms with Crippen LogP contribution in [0, 0.1) is 0 Å². The summed E-state index contributed by atoms with van der Waals surface area (Å²) in [4.78, 5) is 4.85. The van der Waals surface area contributed by atoms with Crippen molar-refractivity contribution in [3.63, 3.8) is 0 Å². The molecule has 0 radical (unpaired) electrons. The van der Waals surface area contributed by atoms with E-state index in [9.17, 15) is 0 Å². The lowest BCUT2D eigenvalue weighted by molar-refractivity contribution is 0.802. The Labute approximate surface area is 791 Å². The zero-order valence-corrected chi connectivity index (χ0v) is 74.5. The third kappa shape index (κ3) is 11.9. The average Bonchev–Trinajstić information content (AvgIpc) is 1.49. The van der Waals surface area contributed by atoms with Crippen molar-refractivity contribution in [3.05, 3.63) is 566 Å². The van der Waals surface area contributed by atoms with E-state index < -0.39 is 10.8 Å². The summed E-state index contributed by atoms with van der Waals surface area (Å²) in [7, 11) is 0. The molecule has 0 aliphatic heterocycles. The maximum absolute atomic E-state index is 2.55. The van der Waals surface area contributed by atoms with Gasteiger partial charge in [0, 0.05) is 33.8 Å². The van der Waals surface area contributed by atoms with E-state index in [0.717, 1.165) is 34.1 Å². The van der Waals surface area contributed by atoms with Crippen molar-refractivity contribution in [3.8, 4) is 111 Å². The lowest BCUT2D eigenvalue weighted by Gasteiger charge is -2.33. The Balaban J connectivity index is 0.000000138. The van der Waals surface area contributed by atoms with Crippen molar-refractivity contribution in [2.45, 2.75) is 10.8 Å². The van der Waals surface area contributed by atoms with Gasteiger partial charge >= 0.3 is 0 Å². The smallest absolute Gasteiger partial charge is 0.0732 e. The molecule has 24 aromatic carbocycles. The highest BCUT2D eigenvalue weighted by Crippen LogP contribution is 2.70. The summed E-state index contributed by atoms with van der Waals surface area (Å²) in [6, 6.07) is 194. The van der Waals surface area contributed by atoms with Crippen molar-refractivity contribution in [2.24, 2.45) is 0 Å². The molecule has 0 amide bonds. The summed E-state index contributed by atoms with van der Waals surface area (Å²) >= 11 is 0. The van der Waals surface area contributed by atoms with Crippen LogP contribution in [-0.2, 0) is 10.8 Å². The lowest BCUT2D eigenvalue weighted by Crippen LogP contribution is -2.26. The SMILES string of the molecule is c1ccc(-c2cc(-c3ccccc3)cc(-c3cc4c5ccccc5c5c(c4c4ccccc34)C3(c4ccccc4-c4ccc(N(c6ccccc6)c6ccccc6)cc43)c3ccccc3-5)c2)cc1.c1ccc(-c2cc(-c3ccccc3)cc(-c3ccc4c(c3)C3(c5ccccc5-4)c4ccccc4-c4c3c3c5ccccc5c(N(c5ccccc5)c5ccccc5)cc3c3ccccc43)c2)cc1. The fourth-order valence-corrected chi connectivity index (χ4v) is 24.1. The van der Waals surface area contributed by atoms with Crippen molar-refractivity contribution >= 4 is 98.8 Å². The monoisotopic (exact) mass is 1720 g/mol. The van der Waals surface area contributed by atoms with Gasteiger partial charge in [0.1, 0.15) is 0 Å². The van der Waals surface area contributed by atoms with Crippen LogP contribution in [0.2, 0.25) is 0 Å². The van der Waals surface area contributed by atoms with Gasteiger partial charge in [-0.1, -0.05) is 406 Å². The van der Waals surface area contributed by atoms with Crippen LogP contribution in [0.15, 0.2) is 522 Å². The predicted molar refractivity (Wildman–Crippen MR) is 572 cm³/mol. The van der Waals surface area contributed by atoms with Gasteiger partial charge in [0.15, 0.2) is 0 Å². The summed E-state index contributed by atoms with van der Waals surface area (Å²) in [5, 5.41) is 15.2. The standard InChI is InChI=1S/2C67H43N/c1-5-21-44(22-6-1)47-39-48(45-23-7-2-8-24-45)41-49(40-47)46-37-38-54-53-30-17-19-35-60(53)67(62(54)42-46)61-36-20-18-34-58(61)64-56-32-15-13-29-52(56)59-43-63(55-31-14-16-33-57(55)65(59)66(64)67)68(50-25-9-3-10-26-50)51-27-11-4-12-28-51;1-5-21-44(22-6-1)46-39-47(45-23-7-2-8-24-45)41-48(40-46)59-43-60-53-30-14-16-33-57(53)64-58-34-18-20-36-62(58)67(66(64)65(60)56-32-15-13-29-52(56)59)61-35-19-17-31-54(61)55-38-37-51(42-63(55)67)68(49-25-9-3-10-26-49)50-27-11-4-12-28-50/h2*1-43H. The van der Waals surface area contributed by atoms with Crippen molar-refractivity contribution in [1.82, 2.24) is 0 Å². The quantitative estimate of drug-likeness (QED) is 0.113. The van der Waals surface area contributed by atoms with Crippen LogP contribution in [-0.4, -0.2) is 0 Å². The molecule has 0 heterocycles. The van der Waals surface area contributed by atoms with Gasteiger partial charge in [-0.25, -0.2) is 0 Å². The summed E-state index contributed by atoms with van der Waals surface area (Å²) in [5.41, 5.74) is 41.1. The number of benzene rings is 24. The number of para-hydroxylation sites is 4. The molecular weight excluding hydrogens is 1640 g/mol. The number of hydrogen-bond donors (Lipinski definition) is 0. The predicted octanol–water partition coefficient (Wildman–Crippen LogP) is 35.9. The molecule has 4 aliphatic rings. The molecule has 0 saturated carbocycles. The molecule has 24 aromatic rings. The van der Waals surface area contributed by atoms with Crippen LogP contribution in [0.4, 0.5) is 34.1 Å². The van der Waals surface area contributed by atoms with Crippen molar-refractivity contribution in [1.29, 1.82) is 0 Å². The van der Waals surface area contributed by atoms with Gasteiger partial charge in [-0.05, 0) is 330 Å². The minimum Gasteiger partial charge on any atom is -0.310 e. The maximum Gasteiger partial charge on any atom is 0.0732 e. The summed E-state index contributed by atoms with van der Waals surface area (Å²) in [6.07, 6.45) is 0. The first-order chi connectivity index (χ1) is 67.5. The summed E-state index contributed by atoms with van der Waals surface area (Å²) in [6.45, 7) is 0. The second-order valence-electron chi connectivity index (χ2n) is 36.6. The Bertz CT molecular complexity index is 8750. The molecule has 0 fully saturated rings. The largest absolute Gasteiger partial charge is 0.310 e. The van der Waals surface area contributed by atoms with E-state index in [-0.39, 0.29) is 0 Å². The van der Waals surface area contributed by atoms with Crippen molar-refractivity contribution in [2.75, 3.05) is 9.80 Å². The Hall–Kier alpha value is -17.6. The Kier molecular flexibility index (Phi) is 18.2. The number of hydrogen-bond acceptors (Lipinski definition) is 2. The van der Waals surface area contributed by atoms with Gasteiger partial charge in [-0.2, -0.15) is 0 Å². The molecule has 2 heteroatoms. The van der Waals surface area contributed by atoms with Gasteiger partial charge < -0.3 is 9.80 Å². The minimum absolute atomic E-state index is 0.613. The van der Waals surface area contributed by atoms with Crippen LogP contribution < -0.4 is 9.80 Å². The molecule has 632 valence electrons. The molecule has 0 N–H and O–H groups in total. The van der Waals surface area contributed by atoms with Crippen LogP contribution in [0.1, 0.15) is 44.5 Å². The van der Waals surface area contributed by atoms with Crippen LogP contribution >= 0.6 is 0 Å². The number of anilines is 6. The molecule has 2 nitrogen and oxygen atoms in total. The third-order valence-electron chi connectivity index (χ3n) is 29.6.